The number of alkyl halides is 3. The largest absolute Gasteiger partial charge is 0.471 e. The lowest BCUT2D eigenvalue weighted by Crippen LogP contribution is -2.48. The molecule has 0 saturated carbocycles. The molecule has 0 unspecified atom stereocenters. The van der Waals surface area contributed by atoms with Crippen molar-refractivity contribution in [3.8, 4) is 11.1 Å². The fraction of sp³-hybridized carbons (Fsp3) is 0.517. The number of hydrogen-bond acceptors (Lipinski definition) is 4. The van der Waals surface area contributed by atoms with Gasteiger partial charge in [-0.2, -0.15) is 13.2 Å². The van der Waals surface area contributed by atoms with Crippen LogP contribution >= 0.6 is 0 Å². The molecular formula is C29H36F5N3O3. The van der Waals surface area contributed by atoms with E-state index < -0.39 is 35.2 Å². The molecule has 1 aliphatic heterocycles. The summed E-state index contributed by atoms with van der Waals surface area (Å²) in [7, 11) is 1.78. The summed E-state index contributed by atoms with van der Waals surface area (Å²) in [5.74, 6) is -4.26. The molecule has 0 bridgehead atoms. The third kappa shape index (κ3) is 7.57. The minimum absolute atomic E-state index is 0.0484. The molecule has 11 heteroatoms. The molecule has 1 saturated heterocycles. The number of carbonyl (C=O) groups excluding carboxylic acids is 2. The predicted octanol–water partition coefficient (Wildman–Crippen LogP) is 4.82. The number of amides is 2. The van der Waals surface area contributed by atoms with Crippen molar-refractivity contribution < 1.29 is 36.6 Å². The van der Waals surface area contributed by atoms with E-state index in [-0.39, 0.29) is 48.5 Å². The van der Waals surface area contributed by atoms with Gasteiger partial charge in [0.2, 0.25) is 5.91 Å². The van der Waals surface area contributed by atoms with Crippen LogP contribution in [0.25, 0.3) is 11.1 Å². The summed E-state index contributed by atoms with van der Waals surface area (Å²) in [6, 6.07) is 8.25. The Kier molecular flexibility index (Phi) is 10.7. The second kappa shape index (κ2) is 13.5. The van der Waals surface area contributed by atoms with Crippen LogP contribution in [0.5, 0.6) is 0 Å². The smallest absolute Gasteiger partial charge is 0.385 e. The zero-order valence-corrected chi connectivity index (χ0v) is 22.7. The van der Waals surface area contributed by atoms with Crippen molar-refractivity contribution in [3.63, 3.8) is 0 Å². The number of rotatable bonds is 11. The topological polar surface area (TPSA) is 81.7 Å². The lowest BCUT2D eigenvalue weighted by Gasteiger charge is -2.43. The standard InChI is InChI=1S/C29H36F5N3O3/c1-19-11-12-23(30)21(17-19)26-22(8-3-9-24(26)31)28(40,13-6-15-36-27(39)29(32,33)34)20-7-5-16-37(18-20)25(38)10-4-14-35-2/h3,8-9,11-12,17,20,35,40H,4-7,10,13-16,18H2,1-2H3,(H,36,39)/t20-,28+/m1/s1. The molecule has 2 aromatic rings. The first-order valence-corrected chi connectivity index (χ1v) is 13.4. The summed E-state index contributed by atoms with van der Waals surface area (Å²) in [6.07, 6.45) is -3.34. The Balaban J connectivity index is 1.99. The molecule has 220 valence electrons. The molecule has 3 rings (SSSR count). The number of likely N-dealkylation sites (tertiary alicyclic amines) is 1. The maximum Gasteiger partial charge on any atom is 0.471 e. The Labute approximate surface area is 230 Å². The maximum absolute atomic E-state index is 15.4. The first-order chi connectivity index (χ1) is 18.9. The van der Waals surface area contributed by atoms with Crippen LogP contribution in [0.1, 0.15) is 49.7 Å². The monoisotopic (exact) mass is 569 g/mol. The van der Waals surface area contributed by atoms with Gasteiger partial charge in [0.15, 0.2) is 0 Å². The Hall–Kier alpha value is -3.05. The molecule has 0 spiro atoms. The fourth-order valence-corrected chi connectivity index (χ4v) is 5.38. The van der Waals surface area contributed by atoms with Crippen molar-refractivity contribution in [1.82, 2.24) is 15.5 Å². The Morgan fingerprint density at radius 1 is 1.07 bits per heavy atom. The van der Waals surface area contributed by atoms with Gasteiger partial charge in [-0.3, -0.25) is 9.59 Å². The first kappa shape index (κ1) is 31.5. The molecule has 2 aromatic carbocycles. The quantitative estimate of drug-likeness (QED) is 0.268. The Bertz CT molecular complexity index is 1190. The molecule has 6 nitrogen and oxygen atoms in total. The highest BCUT2D eigenvalue weighted by Gasteiger charge is 2.44. The van der Waals surface area contributed by atoms with E-state index >= 15 is 8.78 Å². The highest BCUT2D eigenvalue weighted by atomic mass is 19.4. The molecule has 2 atom stereocenters. The molecule has 0 aliphatic carbocycles. The van der Waals surface area contributed by atoms with Gasteiger partial charge in [-0.1, -0.05) is 23.8 Å². The molecular weight excluding hydrogens is 533 g/mol. The van der Waals surface area contributed by atoms with Gasteiger partial charge in [0.05, 0.1) is 5.60 Å². The third-order valence-electron chi connectivity index (χ3n) is 7.42. The average Bonchev–Trinajstić information content (AvgIpc) is 2.91. The van der Waals surface area contributed by atoms with E-state index in [2.05, 4.69) is 5.32 Å². The molecule has 40 heavy (non-hydrogen) atoms. The summed E-state index contributed by atoms with van der Waals surface area (Å²) in [4.78, 5) is 25.8. The number of nitrogens with zero attached hydrogens (tertiary/aromatic N) is 1. The van der Waals surface area contributed by atoms with Crippen LogP contribution < -0.4 is 10.6 Å². The molecule has 1 heterocycles. The lowest BCUT2D eigenvalue weighted by molar-refractivity contribution is -0.173. The molecule has 0 radical (unpaired) electrons. The summed E-state index contributed by atoms with van der Waals surface area (Å²) >= 11 is 0. The van der Waals surface area contributed by atoms with E-state index in [1.807, 2.05) is 0 Å². The van der Waals surface area contributed by atoms with E-state index in [9.17, 15) is 27.9 Å². The van der Waals surface area contributed by atoms with Crippen LogP contribution in [-0.2, 0) is 15.2 Å². The zero-order valence-electron chi connectivity index (χ0n) is 22.7. The van der Waals surface area contributed by atoms with Gasteiger partial charge >= 0.3 is 12.1 Å². The van der Waals surface area contributed by atoms with Crippen molar-refractivity contribution in [2.75, 3.05) is 33.2 Å². The SMILES string of the molecule is CNCCCC(=O)N1CCC[C@@H]([C@@](O)(CCCNC(=O)C(F)(F)F)c2cccc(F)c2-c2cc(C)ccc2F)C1. The minimum atomic E-state index is -5.05. The number of carbonyl (C=O) groups is 2. The number of aliphatic hydroxyl groups is 1. The van der Waals surface area contributed by atoms with E-state index in [1.165, 1.54) is 30.3 Å². The van der Waals surface area contributed by atoms with E-state index in [1.54, 1.807) is 24.2 Å². The number of halogens is 5. The van der Waals surface area contributed by atoms with Crippen LogP contribution in [0.3, 0.4) is 0 Å². The maximum atomic E-state index is 15.4. The molecule has 3 N–H and O–H groups in total. The summed E-state index contributed by atoms with van der Waals surface area (Å²) in [6.45, 7) is 2.62. The number of nitrogens with one attached hydrogen (secondary N) is 2. The Morgan fingerprint density at radius 2 is 1.82 bits per heavy atom. The van der Waals surface area contributed by atoms with Crippen molar-refractivity contribution in [1.29, 1.82) is 0 Å². The van der Waals surface area contributed by atoms with Crippen molar-refractivity contribution in [2.24, 2.45) is 5.92 Å². The first-order valence-electron chi connectivity index (χ1n) is 13.4. The number of hydrogen-bond donors (Lipinski definition) is 3. The van der Waals surface area contributed by atoms with E-state index in [0.717, 1.165) is 6.07 Å². The van der Waals surface area contributed by atoms with Gasteiger partial charge in [0, 0.05) is 43.1 Å². The fourth-order valence-electron chi connectivity index (χ4n) is 5.38. The minimum Gasteiger partial charge on any atom is -0.385 e. The van der Waals surface area contributed by atoms with Gasteiger partial charge in [-0.15, -0.1) is 0 Å². The van der Waals surface area contributed by atoms with Crippen molar-refractivity contribution >= 4 is 11.8 Å². The Morgan fingerprint density at radius 3 is 2.52 bits per heavy atom. The van der Waals surface area contributed by atoms with Gasteiger partial charge in [0.1, 0.15) is 11.6 Å². The van der Waals surface area contributed by atoms with Gasteiger partial charge < -0.3 is 20.6 Å². The lowest BCUT2D eigenvalue weighted by atomic mass is 9.72. The van der Waals surface area contributed by atoms with Crippen molar-refractivity contribution in [2.45, 2.75) is 57.2 Å². The highest BCUT2D eigenvalue weighted by molar-refractivity contribution is 5.81. The van der Waals surface area contributed by atoms with Crippen LogP contribution in [-0.4, -0.2) is 61.2 Å². The predicted molar refractivity (Wildman–Crippen MR) is 141 cm³/mol. The summed E-state index contributed by atoms with van der Waals surface area (Å²) < 4.78 is 68.4. The second-order valence-electron chi connectivity index (χ2n) is 10.3. The van der Waals surface area contributed by atoms with E-state index in [0.29, 0.717) is 44.3 Å². The van der Waals surface area contributed by atoms with Gasteiger partial charge in [0.25, 0.3) is 0 Å². The zero-order chi connectivity index (χ0) is 29.5. The van der Waals surface area contributed by atoms with Crippen LogP contribution in [0.2, 0.25) is 0 Å². The third-order valence-corrected chi connectivity index (χ3v) is 7.42. The average molecular weight is 570 g/mol. The number of benzene rings is 2. The van der Waals surface area contributed by atoms with Crippen LogP contribution in [0, 0.1) is 24.5 Å². The number of piperidine rings is 1. The number of aryl methyl sites for hydroxylation is 1. The second-order valence-corrected chi connectivity index (χ2v) is 10.3. The highest BCUT2D eigenvalue weighted by Crippen LogP contribution is 2.45. The summed E-state index contributed by atoms with van der Waals surface area (Å²) in [5.41, 5.74) is -1.26. The van der Waals surface area contributed by atoms with Gasteiger partial charge in [-0.25, -0.2) is 8.78 Å². The summed E-state index contributed by atoms with van der Waals surface area (Å²) in [5, 5.41) is 17.1. The van der Waals surface area contributed by atoms with Crippen molar-refractivity contribution in [3.05, 3.63) is 59.2 Å². The molecule has 0 aromatic heterocycles. The van der Waals surface area contributed by atoms with Crippen LogP contribution in [0.4, 0.5) is 22.0 Å². The molecule has 2 amide bonds. The normalized spacial score (nSPS) is 17.4. The van der Waals surface area contributed by atoms with Gasteiger partial charge in [-0.05, 0) is 76.4 Å². The molecule has 1 aliphatic rings. The van der Waals surface area contributed by atoms with Crippen LogP contribution in [0.15, 0.2) is 36.4 Å². The molecule has 1 fully saturated rings. The van der Waals surface area contributed by atoms with E-state index in [4.69, 9.17) is 0 Å².